The molecule has 1 amide bonds. The van der Waals surface area contributed by atoms with Crippen molar-refractivity contribution >= 4 is 11.9 Å². The molecule has 1 atom stereocenters. The molecule has 0 heterocycles. The summed E-state index contributed by atoms with van der Waals surface area (Å²) in [6.45, 7) is 6.45. The summed E-state index contributed by atoms with van der Waals surface area (Å²) in [6, 6.07) is 16.9. The Morgan fingerprint density at radius 2 is 1.69 bits per heavy atom. The molecule has 0 bridgehead atoms. The van der Waals surface area contributed by atoms with Gasteiger partial charge in [0.2, 0.25) is 0 Å². The largest absolute Gasteiger partial charge is 0.357 e. The molecule has 0 aliphatic heterocycles. The predicted molar refractivity (Wildman–Crippen MR) is 134 cm³/mol. The third kappa shape index (κ3) is 7.68. The first-order chi connectivity index (χ1) is 15.3. The zero-order valence-electron chi connectivity index (χ0n) is 20.5. The minimum atomic E-state index is 0.0245. The molecule has 0 aliphatic rings. The molecular weight excluding hydrogens is 398 g/mol. The second kappa shape index (κ2) is 12.9. The topological polar surface area (TPSA) is 60.0 Å². The van der Waals surface area contributed by atoms with Crippen molar-refractivity contribution in [3.05, 3.63) is 70.8 Å². The first kappa shape index (κ1) is 25.4. The van der Waals surface area contributed by atoms with Crippen molar-refractivity contribution in [2.45, 2.75) is 32.7 Å². The SMILES string of the molecule is CCNC(=NCC(c1ccc(CC)cc1)N(C)C)NCCc1cccc(C(=O)N(C)C)c1. The minimum Gasteiger partial charge on any atom is -0.357 e. The molecule has 6 heteroatoms. The van der Waals surface area contributed by atoms with E-state index < -0.39 is 0 Å². The Hall–Kier alpha value is -2.86. The lowest BCUT2D eigenvalue weighted by Gasteiger charge is -2.24. The fourth-order valence-corrected chi connectivity index (χ4v) is 3.51. The highest BCUT2D eigenvalue weighted by Gasteiger charge is 2.14. The molecule has 0 fully saturated rings. The Morgan fingerprint density at radius 3 is 2.28 bits per heavy atom. The maximum atomic E-state index is 12.2. The smallest absolute Gasteiger partial charge is 0.253 e. The average Bonchev–Trinajstić information content (AvgIpc) is 2.79. The monoisotopic (exact) mass is 437 g/mol. The summed E-state index contributed by atoms with van der Waals surface area (Å²) in [7, 11) is 7.73. The number of amides is 1. The van der Waals surface area contributed by atoms with Crippen LogP contribution in [0.1, 0.15) is 46.9 Å². The molecule has 0 spiro atoms. The van der Waals surface area contributed by atoms with Crippen LogP contribution in [0.15, 0.2) is 53.5 Å². The van der Waals surface area contributed by atoms with E-state index in [1.807, 2.05) is 18.2 Å². The number of benzene rings is 2. The molecule has 6 nitrogen and oxygen atoms in total. The fraction of sp³-hybridized carbons (Fsp3) is 0.462. The summed E-state index contributed by atoms with van der Waals surface area (Å²) in [4.78, 5) is 20.9. The van der Waals surface area contributed by atoms with Gasteiger partial charge in [-0.2, -0.15) is 0 Å². The summed E-state index contributed by atoms with van der Waals surface area (Å²) in [5.41, 5.74) is 4.47. The van der Waals surface area contributed by atoms with Gasteiger partial charge in [-0.25, -0.2) is 0 Å². The van der Waals surface area contributed by atoms with Crippen LogP contribution in [-0.2, 0) is 12.8 Å². The van der Waals surface area contributed by atoms with Crippen molar-refractivity contribution in [2.75, 3.05) is 47.8 Å². The molecule has 2 N–H and O–H groups in total. The van der Waals surface area contributed by atoms with Gasteiger partial charge in [0, 0.05) is 32.7 Å². The van der Waals surface area contributed by atoms with E-state index in [-0.39, 0.29) is 11.9 Å². The van der Waals surface area contributed by atoms with E-state index in [4.69, 9.17) is 4.99 Å². The van der Waals surface area contributed by atoms with Crippen molar-refractivity contribution in [1.29, 1.82) is 0 Å². The average molecular weight is 438 g/mol. The first-order valence-corrected chi connectivity index (χ1v) is 11.4. The van der Waals surface area contributed by atoms with Crippen molar-refractivity contribution < 1.29 is 4.79 Å². The standard InChI is InChI=1S/C26H39N5O/c1-7-20-12-14-22(15-13-20)24(30(3)4)19-29-26(27-8-2)28-17-16-21-10-9-11-23(18-21)25(32)31(5)6/h9-15,18,24H,7-8,16-17,19H2,1-6H3,(H2,27,28,29). The van der Waals surface area contributed by atoms with Gasteiger partial charge in [0.1, 0.15) is 0 Å². The van der Waals surface area contributed by atoms with E-state index in [0.717, 1.165) is 43.0 Å². The van der Waals surface area contributed by atoms with E-state index >= 15 is 0 Å². The van der Waals surface area contributed by atoms with Crippen LogP contribution >= 0.6 is 0 Å². The van der Waals surface area contributed by atoms with E-state index in [2.05, 4.69) is 73.8 Å². The molecule has 2 aromatic rings. The van der Waals surface area contributed by atoms with Gasteiger partial charge in [0.05, 0.1) is 12.6 Å². The van der Waals surface area contributed by atoms with E-state index in [9.17, 15) is 4.79 Å². The zero-order valence-corrected chi connectivity index (χ0v) is 20.5. The summed E-state index contributed by atoms with van der Waals surface area (Å²) in [5, 5.41) is 6.77. The van der Waals surface area contributed by atoms with E-state index in [0.29, 0.717) is 6.54 Å². The number of rotatable bonds is 10. The van der Waals surface area contributed by atoms with Crippen LogP contribution in [0.25, 0.3) is 0 Å². The second-order valence-electron chi connectivity index (χ2n) is 8.37. The lowest BCUT2D eigenvalue weighted by Crippen LogP contribution is -2.39. The van der Waals surface area contributed by atoms with E-state index in [1.54, 1.807) is 19.0 Å². The number of aryl methyl sites for hydroxylation is 1. The van der Waals surface area contributed by atoms with Crippen LogP contribution in [0.3, 0.4) is 0 Å². The van der Waals surface area contributed by atoms with Gasteiger partial charge >= 0.3 is 0 Å². The summed E-state index contributed by atoms with van der Waals surface area (Å²) in [5.74, 6) is 0.835. The lowest BCUT2D eigenvalue weighted by atomic mass is 10.0. The highest BCUT2D eigenvalue weighted by atomic mass is 16.2. The quantitative estimate of drug-likeness (QED) is 0.442. The molecule has 32 heavy (non-hydrogen) atoms. The van der Waals surface area contributed by atoms with Crippen LogP contribution in [-0.4, -0.2) is 69.5 Å². The molecule has 2 aromatic carbocycles. The summed E-state index contributed by atoms with van der Waals surface area (Å²) < 4.78 is 0. The van der Waals surface area contributed by atoms with Crippen LogP contribution < -0.4 is 10.6 Å². The highest BCUT2D eigenvalue weighted by molar-refractivity contribution is 5.94. The number of likely N-dealkylation sites (N-methyl/N-ethyl adjacent to an activating group) is 1. The van der Waals surface area contributed by atoms with Gasteiger partial charge in [-0.05, 0) is 62.7 Å². The number of nitrogens with one attached hydrogen (secondary N) is 2. The Kier molecular flexibility index (Phi) is 10.2. The van der Waals surface area contributed by atoms with Crippen LogP contribution in [0, 0.1) is 0 Å². The molecule has 1 unspecified atom stereocenters. The van der Waals surface area contributed by atoms with Crippen molar-refractivity contribution in [3.8, 4) is 0 Å². The summed E-state index contributed by atoms with van der Waals surface area (Å²) >= 11 is 0. The molecule has 0 aliphatic carbocycles. The zero-order chi connectivity index (χ0) is 23.5. The number of hydrogen-bond acceptors (Lipinski definition) is 3. The van der Waals surface area contributed by atoms with Gasteiger partial charge in [-0.3, -0.25) is 9.79 Å². The third-order valence-corrected chi connectivity index (χ3v) is 5.45. The van der Waals surface area contributed by atoms with Crippen LogP contribution in [0.2, 0.25) is 0 Å². The van der Waals surface area contributed by atoms with Crippen LogP contribution in [0.5, 0.6) is 0 Å². The number of hydrogen-bond donors (Lipinski definition) is 2. The predicted octanol–water partition coefficient (Wildman–Crippen LogP) is 3.35. The van der Waals surface area contributed by atoms with Gasteiger partial charge in [-0.15, -0.1) is 0 Å². The Balaban J connectivity index is 2.01. The van der Waals surface area contributed by atoms with Crippen molar-refractivity contribution in [3.63, 3.8) is 0 Å². The van der Waals surface area contributed by atoms with Crippen LogP contribution in [0.4, 0.5) is 0 Å². The first-order valence-electron chi connectivity index (χ1n) is 11.4. The number of carbonyl (C=O) groups is 1. The van der Waals surface area contributed by atoms with Gasteiger partial charge < -0.3 is 20.4 Å². The number of aliphatic imine (C=N–C) groups is 1. The Labute approximate surface area is 193 Å². The maximum Gasteiger partial charge on any atom is 0.253 e. The molecule has 2 rings (SSSR count). The van der Waals surface area contributed by atoms with Gasteiger partial charge in [0.15, 0.2) is 5.96 Å². The summed E-state index contributed by atoms with van der Waals surface area (Å²) in [6.07, 6.45) is 1.86. The number of nitrogens with zero attached hydrogens (tertiary/aromatic N) is 3. The van der Waals surface area contributed by atoms with Gasteiger partial charge in [0.25, 0.3) is 5.91 Å². The normalized spacial score (nSPS) is 12.5. The number of carbonyl (C=O) groups excluding carboxylic acids is 1. The van der Waals surface area contributed by atoms with E-state index in [1.165, 1.54) is 11.1 Å². The molecule has 0 saturated carbocycles. The third-order valence-electron chi connectivity index (χ3n) is 5.45. The second-order valence-corrected chi connectivity index (χ2v) is 8.37. The molecule has 0 aromatic heterocycles. The van der Waals surface area contributed by atoms with Gasteiger partial charge in [-0.1, -0.05) is 43.3 Å². The molecule has 0 saturated heterocycles. The Morgan fingerprint density at radius 1 is 0.969 bits per heavy atom. The van der Waals surface area contributed by atoms with Crippen molar-refractivity contribution in [1.82, 2.24) is 20.4 Å². The maximum absolute atomic E-state index is 12.2. The Bertz CT molecular complexity index is 874. The molecule has 174 valence electrons. The fourth-order valence-electron chi connectivity index (χ4n) is 3.51. The number of guanidine groups is 1. The highest BCUT2D eigenvalue weighted by Crippen LogP contribution is 2.19. The lowest BCUT2D eigenvalue weighted by molar-refractivity contribution is 0.0827. The molecule has 0 radical (unpaired) electrons. The molecular formula is C26H39N5O. The van der Waals surface area contributed by atoms with Crippen molar-refractivity contribution in [2.24, 2.45) is 4.99 Å². The minimum absolute atomic E-state index is 0.0245.